The van der Waals surface area contributed by atoms with Gasteiger partial charge in [0.15, 0.2) is 0 Å². The topological polar surface area (TPSA) is 43.8 Å². The highest BCUT2D eigenvalue weighted by Gasteiger charge is 2.24. The molecule has 1 saturated heterocycles. The lowest BCUT2D eigenvalue weighted by Crippen LogP contribution is -2.46. The van der Waals surface area contributed by atoms with Crippen LogP contribution >= 0.6 is 0 Å². The van der Waals surface area contributed by atoms with Gasteiger partial charge < -0.3 is 10.0 Å². The molecule has 0 aliphatic carbocycles. The fraction of sp³-hybridized carbons (Fsp3) is 0.375. The number of rotatable bonds is 2. The van der Waals surface area contributed by atoms with Crippen molar-refractivity contribution in [3.8, 4) is 11.8 Å². The average molecular weight is 374 g/mol. The Kier molecular flexibility index (Phi) is 5.76. The van der Waals surface area contributed by atoms with Crippen molar-refractivity contribution in [1.82, 2.24) is 9.80 Å². The van der Waals surface area contributed by atoms with E-state index in [1.54, 1.807) is 0 Å². The number of fused-ring (bicyclic) bond motifs is 1. The highest BCUT2D eigenvalue weighted by atomic mass is 16.3. The number of benzene rings is 2. The molecule has 2 aromatic carbocycles. The van der Waals surface area contributed by atoms with Crippen LogP contribution in [0.15, 0.2) is 48.5 Å². The Labute approximate surface area is 166 Å². The highest BCUT2D eigenvalue weighted by Crippen LogP contribution is 2.21. The molecular weight excluding hydrogens is 348 g/mol. The molecule has 28 heavy (non-hydrogen) atoms. The monoisotopic (exact) mass is 374 g/mol. The summed E-state index contributed by atoms with van der Waals surface area (Å²) in [5.41, 5.74) is 4.69. The van der Waals surface area contributed by atoms with Gasteiger partial charge in [-0.2, -0.15) is 0 Å². The first-order valence-electron chi connectivity index (χ1n) is 10.0. The molecular formula is C24H26N2O2. The van der Waals surface area contributed by atoms with Crippen LogP contribution in [0.1, 0.15) is 35.1 Å². The average Bonchev–Trinajstić information content (AvgIpc) is 2.73. The minimum atomic E-state index is -0.245. The van der Waals surface area contributed by atoms with Crippen molar-refractivity contribution < 1.29 is 9.90 Å². The van der Waals surface area contributed by atoms with Crippen molar-refractivity contribution in [2.24, 2.45) is 0 Å². The Morgan fingerprint density at radius 3 is 2.50 bits per heavy atom. The number of aliphatic hydroxyl groups is 1. The normalized spacial score (nSPS) is 17.5. The number of hydrogen-bond donors (Lipinski definition) is 1. The molecule has 4 heteroatoms. The lowest BCUT2D eigenvalue weighted by Gasteiger charge is -2.33. The summed E-state index contributed by atoms with van der Waals surface area (Å²) in [7, 11) is 0. The number of hydrogen-bond acceptors (Lipinski definition) is 3. The number of aliphatic hydroxyl groups excluding tert-OH is 1. The van der Waals surface area contributed by atoms with Crippen LogP contribution in [0.25, 0.3) is 0 Å². The number of piperidine rings is 1. The Bertz CT molecular complexity index is 890. The van der Waals surface area contributed by atoms with E-state index in [9.17, 15) is 9.90 Å². The molecule has 4 rings (SSSR count). The first-order chi connectivity index (χ1) is 13.7. The summed E-state index contributed by atoms with van der Waals surface area (Å²) in [6.07, 6.45) is 2.09. The van der Waals surface area contributed by atoms with Crippen molar-refractivity contribution in [3.05, 3.63) is 70.8 Å². The van der Waals surface area contributed by atoms with Gasteiger partial charge in [0.05, 0.1) is 12.6 Å². The third-order valence-electron chi connectivity index (χ3n) is 5.60. The number of carbonyl (C=O) groups excluding carboxylic acids is 1. The molecule has 2 aliphatic heterocycles. The zero-order valence-electron chi connectivity index (χ0n) is 16.1. The fourth-order valence-corrected chi connectivity index (χ4v) is 3.90. The smallest absolute Gasteiger partial charge is 0.236 e. The summed E-state index contributed by atoms with van der Waals surface area (Å²) >= 11 is 0. The van der Waals surface area contributed by atoms with Gasteiger partial charge in [0.2, 0.25) is 5.91 Å². The second-order valence-corrected chi connectivity index (χ2v) is 7.67. The molecule has 1 fully saturated rings. The van der Waals surface area contributed by atoms with E-state index in [0.717, 1.165) is 30.6 Å². The molecule has 0 spiro atoms. The standard InChI is InChI=1S/C24H26N2O2/c27-23-11-14-26(15-12-23)24(28)18-25-13-10-21-16-20(8-9-22(21)17-25)7-6-19-4-2-1-3-5-19/h1-5,8-9,16,23,27H,10-15,17-18H2. The lowest BCUT2D eigenvalue weighted by molar-refractivity contribution is -0.134. The summed E-state index contributed by atoms with van der Waals surface area (Å²) in [6.45, 7) is 3.52. The van der Waals surface area contributed by atoms with Gasteiger partial charge >= 0.3 is 0 Å². The summed E-state index contributed by atoms with van der Waals surface area (Å²) in [5, 5.41) is 9.61. The molecule has 2 aromatic rings. The molecule has 2 aliphatic rings. The molecule has 1 N–H and O–H groups in total. The molecule has 0 aromatic heterocycles. The van der Waals surface area contributed by atoms with Gasteiger partial charge in [0.25, 0.3) is 0 Å². The van der Waals surface area contributed by atoms with E-state index in [4.69, 9.17) is 0 Å². The van der Waals surface area contributed by atoms with Crippen LogP contribution in [0.3, 0.4) is 0 Å². The third-order valence-corrected chi connectivity index (χ3v) is 5.60. The van der Waals surface area contributed by atoms with Crippen LogP contribution in [0.5, 0.6) is 0 Å². The quantitative estimate of drug-likeness (QED) is 0.821. The highest BCUT2D eigenvalue weighted by molar-refractivity contribution is 5.78. The van der Waals surface area contributed by atoms with Gasteiger partial charge in [0.1, 0.15) is 0 Å². The predicted octanol–water partition coefficient (Wildman–Crippen LogP) is 2.43. The van der Waals surface area contributed by atoms with Gasteiger partial charge in [0, 0.05) is 37.3 Å². The van der Waals surface area contributed by atoms with Crippen molar-refractivity contribution in [3.63, 3.8) is 0 Å². The Balaban J connectivity index is 1.37. The zero-order valence-corrected chi connectivity index (χ0v) is 16.1. The largest absolute Gasteiger partial charge is 0.393 e. The Morgan fingerprint density at radius 2 is 1.71 bits per heavy atom. The van der Waals surface area contributed by atoms with Crippen LogP contribution < -0.4 is 0 Å². The van der Waals surface area contributed by atoms with E-state index >= 15 is 0 Å². The fourth-order valence-electron chi connectivity index (χ4n) is 3.90. The maximum Gasteiger partial charge on any atom is 0.236 e. The van der Waals surface area contributed by atoms with Gasteiger partial charge in [-0.25, -0.2) is 0 Å². The van der Waals surface area contributed by atoms with Crippen LogP contribution in [-0.4, -0.2) is 53.1 Å². The number of nitrogens with zero attached hydrogens (tertiary/aromatic N) is 2. The third kappa shape index (κ3) is 4.62. The predicted molar refractivity (Wildman–Crippen MR) is 110 cm³/mol. The molecule has 0 unspecified atom stereocenters. The van der Waals surface area contributed by atoms with E-state index in [2.05, 4.69) is 34.9 Å². The molecule has 0 radical (unpaired) electrons. The van der Waals surface area contributed by atoms with Crippen LogP contribution in [0.4, 0.5) is 0 Å². The van der Waals surface area contributed by atoms with E-state index in [1.807, 2.05) is 35.2 Å². The van der Waals surface area contributed by atoms with Crippen LogP contribution in [0.2, 0.25) is 0 Å². The maximum absolute atomic E-state index is 12.5. The zero-order chi connectivity index (χ0) is 19.3. The van der Waals surface area contributed by atoms with E-state index in [1.165, 1.54) is 11.1 Å². The number of amides is 1. The SMILES string of the molecule is O=C(CN1CCc2cc(C#Cc3ccccc3)ccc2C1)N1CCC(O)CC1. The summed E-state index contributed by atoms with van der Waals surface area (Å²) in [4.78, 5) is 16.7. The van der Waals surface area contributed by atoms with Crippen LogP contribution in [-0.2, 0) is 17.8 Å². The molecule has 1 amide bonds. The summed E-state index contributed by atoms with van der Waals surface area (Å²) < 4.78 is 0. The molecule has 0 saturated carbocycles. The first-order valence-corrected chi connectivity index (χ1v) is 10.0. The number of likely N-dealkylation sites (tertiary alicyclic amines) is 1. The van der Waals surface area contributed by atoms with E-state index in [0.29, 0.717) is 32.5 Å². The minimum Gasteiger partial charge on any atom is -0.393 e. The minimum absolute atomic E-state index is 0.181. The summed E-state index contributed by atoms with van der Waals surface area (Å²) in [6, 6.07) is 16.4. The molecule has 2 heterocycles. The summed E-state index contributed by atoms with van der Waals surface area (Å²) in [5.74, 6) is 6.65. The van der Waals surface area contributed by atoms with Gasteiger partial charge in [-0.3, -0.25) is 9.69 Å². The number of carbonyl (C=O) groups is 1. The van der Waals surface area contributed by atoms with E-state index < -0.39 is 0 Å². The maximum atomic E-state index is 12.5. The van der Waals surface area contributed by atoms with Crippen molar-refractivity contribution in [1.29, 1.82) is 0 Å². The molecule has 144 valence electrons. The van der Waals surface area contributed by atoms with Crippen molar-refractivity contribution in [2.45, 2.75) is 31.9 Å². The molecule has 4 nitrogen and oxygen atoms in total. The van der Waals surface area contributed by atoms with Gasteiger partial charge in [-0.15, -0.1) is 0 Å². The Hall–Kier alpha value is -2.61. The second-order valence-electron chi connectivity index (χ2n) is 7.67. The molecule has 0 atom stereocenters. The Morgan fingerprint density at radius 1 is 0.964 bits per heavy atom. The van der Waals surface area contributed by atoms with Crippen molar-refractivity contribution >= 4 is 5.91 Å². The first kappa shape index (κ1) is 18.7. The molecule has 0 bridgehead atoms. The van der Waals surface area contributed by atoms with Crippen molar-refractivity contribution in [2.75, 3.05) is 26.2 Å². The lowest BCUT2D eigenvalue weighted by atomic mass is 9.97. The van der Waals surface area contributed by atoms with Gasteiger partial charge in [-0.1, -0.05) is 36.1 Å². The van der Waals surface area contributed by atoms with Gasteiger partial charge in [-0.05, 0) is 54.7 Å². The van der Waals surface area contributed by atoms with Crippen LogP contribution in [0, 0.1) is 11.8 Å². The second kappa shape index (κ2) is 8.60. The van der Waals surface area contributed by atoms with E-state index in [-0.39, 0.29) is 12.0 Å².